The molecule has 0 saturated heterocycles. The molecule has 0 unspecified atom stereocenters. The summed E-state index contributed by atoms with van der Waals surface area (Å²) in [6.45, 7) is 3.96. The zero-order valence-corrected chi connectivity index (χ0v) is 10.5. The van der Waals surface area contributed by atoms with Crippen molar-refractivity contribution in [2.24, 2.45) is 0 Å². The van der Waals surface area contributed by atoms with Crippen LogP contribution in [0.15, 0.2) is 30.5 Å². The van der Waals surface area contributed by atoms with Crippen LogP contribution in [-0.2, 0) is 0 Å². The van der Waals surface area contributed by atoms with Crippen LogP contribution in [0.1, 0.15) is 11.1 Å². The van der Waals surface area contributed by atoms with Crippen LogP contribution in [-0.4, -0.2) is 4.98 Å². The third-order valence-corrected chi connectivity index (χ3v) is 2.76. The Bertz CT molecular complexity index is 552. The Kier molecular flexibility index (Phi) is 3.20. The molecule has 1 heterocycles. The maximum atomic E-state index is 6.10. The number of aryl methyl sites for hydroxylation is 2. The second-order valence-electron chi connectivity index (χ2n) is 4.06. The van der Waals surface area contributed by atoms with E-state index in [0.717, 1.165) is 16.8 Å². The molecule has 0 saturated carbocycles. The van der Waals surface area contributed by atoms with Gasteiger partial charge in [-0.1, -0.05) is 17.7 Å². The van der Waals surface area contributed by atoms with Crippen LogP contribution in [0.25, 0.3) is 0 Å². The lowest BCUT2D eigenvalue weighted by Gasteiger charge is -2.10. The molecular weight excluding hydrogens is 234 g/mol. The third-order valence-electron chi connectivity index (χ3n) is 2.43. The quantitative estimate of drug-likeness (QED) is 0.851. The summed E-state index contributed by atoms with van der Waals surface area (Å²) in [6.07, 6.45) is 1.77. The zero-order chi connectivity index (χ0) is 12.4. The van der Waals surface area contributed by atoms with Crippen LogP contribution in [0.3, 0.4) is 0 Å². The molecule has 3 nitrogen and oxygen atoms in total. The molecule has 1 aromatic carbocycles. The molecule has 4 heteroatoms. The fourth-order valence-corrected chi connectivity index (χ4v) is 1.72. The molecule has 1 aromatic heterocycles. The Balaban J connectivity index is 2.34. The molecule has 0 amide bonds. The second-order valence-corrected chi connectivity index (χ2v) is 4.47. The maximum Gasteiger partial charge on any atom is 0.153 e. The van der Waals surface area contributed by atoms with Crippen molar-refractivity contribution in [1.82, 2.24) is 4.98 Å². The summed E-state index contributed by atoms with van der Waals surface area (Å²) in [4.78, 5) is 4.25. The van der Waals surface area contributed by atoms with E-state index in [4.69, 9.17) is 17.3 Å². The summed E-state index contributed by atoms with van der Waals surface area (Å²) in [5.41, 5.74) is 9.48. The van der Waals surface area contributed by atoms with Gasteiger partial charge in [-0.3, -0.25) is 0 Å². The molecule has 0 aliphatic rings. The molecule has 0 aliphatic carbocycles. The summed E-state index contributed by atoms with van der Waals surface area (Å²) in [6, 6.07) is 7.64. The number of hydrogen-bond acceptors (Lipinski definition) is 3. The van der Waals surface area contributed by atoms with Crippen molar-refractivity contribution in [2.75, 3.05) is 11.1 Å². The summed E-state index contributed by atoms with van der Waals surface area (Å²) < 4.78 is 0. The summed E-state index contributed by atoms with van der Waals surface area (Å²) in [5.74, 6) is 0.628. The van der Waals surface area contributed by atoms with E-state index in [1.54, 1.807) is 6.20 Å². The van der Waals surface area contributed by atoms with Crippen LogP contribution in [0.5, 0.6) is 0 Å². The van der Waals surface area contributed by atoms with E-state index in [2.05, 4.69) is 10.3 Å². The lowest BCUT2D eigenvalue weighted by atomic mass is 10.2. The van der Waals surface area contributed by atoms with Crippen molar-refractivity contribution in [2.45, 2.75) is 13.8 Å². The highest BCUT2D eigenvalue weighted by atomic mass is 35.5. The van der Waals surface area contributed by atoms with E-state index in [0.29, 0.717) is 16.5 Å². The third kappa shape index (κ3) is 2.68. The minimum atomic E-state index is 0.613. The minimum absolute atomic E-state index is 0.613. The lowest BCUT2D eigenvalue weighted by Crippen LogP contribution is -2.00. The molecule has 17 heavy (non-hydrogen) atoms. The molecule has 2 aromatic rings. The van der Waals surface area contributed by atoms with Gasteiger partial charge in [-0.15, -0.1) is 0 Å². The van der Waals surface area contributed by atoms with Gasteiger partial charge in [0.15, 0.2) is 5.82 Å². The Morgan fingerprint density at radius 1 is 1.18 bits per heavy atom. The Hall–Kier alpha value is -1.74. The van der Waals surface area contributed by atoms with Gasteiger partial charge >= 0.3 is 0 Å². The topological polar surface area (TPSA) is 50.9 Å². The molecule has 0 aliphatic heterocycles. The highest BCUT2D eigenvalue weighted by molar-refractivity contribution is 6.33. The number of rotatable bonds is 2. The molecule has 0 fully saturated rings. The number of benzene rings is 1. The van der Waals surface area contributed by atoms with E-state index in [1.165, 1.54) is 0 Å². The largest absolute Gasteiger partial charge is 0.396 e. The number of anilines is 3. The zero-order valence-electron chi connectivity index (χ0n) is 9.79. The fraction of sp³-hybridized carbons (Fsp3) is 0.154. The predicted octanol–water partition coefficient (Wildman–Crippen LogP) is 3.68. The first kappa shape index (κ1) is 11.7. The minimum Gasteiger partial charge on any atom is -0.396 e. The number of nitrogens with one attached hydrogen (secondary N) is 1. The van der Waals surface area contributed by atoms with E-state index in [-0.39, 0.29) is 0 Å². The van der Waals surface area contributed by atoms with Gasteiger partial charge in [0, 0.05) is 6.20 Å². The highest BCUT2D eigenvalue weighted by Crippen LogP contribution is 2.28. The van der Waals surface area contributed by atoms with Gasteiger partial charge in [-0.25, -0.2) is 4.98 Å². The Morgan fingerprint density at radius 3 is 2.65 bits per heavy atom. The Labute approximate surface area is 106 Å². The molecule has 3 N–H and O–H groups in total. The number of halogens is 1. The molecule has 2 rings (SSSR count). The van der Waals surface area contributed by atoms with E-state index < -0.39 is 0 Å². The van der Waals surface area contributed by atoms with Gasteiger partial charge in [-0.2, -0.15) is 0 Å². The van der Waals surface area contributed by atoms with Crippen LogP contribution in [0, 0.1) is 13.8 Å². The smallest absolute Gasteiger partial charge is 0.153 e. The number of nitrogen functional groups attached to an aromatic ring is 1. The van der Waals surface area contributed by atoms with Gasteiger partial charge in [0.1, 0.15) is 0 Å². The van der Waals surface area contributed by atoms with Crippen LogP contribution in [0.2, 0.25) is 5.02 Å². The van der Waals surface area contributed by atoms with Crippen LogP contribution in [0.4, 0.5) is 17.2 Å². The Morgan fingerprint density at radius 2 is 1.94 bits per heavy atom. The first-order chi connectivity index (χ1) is 8.06. The van der Waals surface area contributed by atoms with Gasteiger partial charge in [-0.05, 0) is 43.2 Å². The van der Waals surface area contributed by atoms with E-state index >= 15 is 0 Å². The van der Waals surface area contributed by atoms with E-state index in [1.807, 2.05) is 38.1 Å². The van der Waals surface area contributed by atoms with Crippen molar-refractivity contribution >= 4 is 28.8 Å². The first-order valence-electron chi connectivity index (χ1n) is 5.31. The van der Waals surface area contributed by atoms with Crippen molar-refractivity contribution in [1.29, 1.82) is 0 Å². The number of pyridine rings is 1. The van der Waals surface area contributed by atoms with Crippen molar-refractivity contribution in [3.63, 3.8) is 0 Å². The lowest BCUT2D eigenvalue weighted by molar-refractivity contribution is 1.26. The molecule has 0 bridgehead atoms. The number of nitrogens with zero attached hydrogens (tertiary/aromatic N) is 1. The van der Waals surface area contributed by atoms with E-state index in [9.17, 15) is 0 Å². The number of nitrogens with two attached hydrogens (primary N) is 1. The van der Waals surface area contributed by atoms with Crippen LogP contribution < -0.4 is 11.1 Å². The summed E-state index contributed by atoms with van der Waals surface area (Å²) in [5, 5.41) is 3.79. The van der Waals surface area contributed by atoms with Crippen molar-refractivity contribution in [3.8, 4) is 0 Å². The van der Waals surface area contributed by atoms with Crippen molar-refractivity contribution < 1.29 is 0 Å². The number of aromatic nitrogens is 1. The summed E-state index contributed by atoms with van der Waals surface area (Å²) >= 11 is 6.10. The fourth-order valence-electron chi connectivity index (χ4n) is 1.56. The average Bonchev–Trinajstić information content (AvgIpc) is 2.27. The average molecular weight is 248 g/mol. The monoisotopic (exact) mass is 247 g/mol. The molecule has 0 atom stereocenters. The summed E-state index contributed by atoms with van der Waals surface area (Å²) in [7, 11) is 0. The molecule has 88 valence electrons. The normalized spacial score (nSPS) is 10.3. The first-order valence-corrected chi connectivity index (χ1v) is 5.69. The second kappa shape index (κ2) is 4.63. The van der Waals surface area contributed by atoms with Gasteiger partial charge < -0.3 is 11.1 Å². The van der Waals surface area contributed by atoms with Crippen LogP contribution >= 0.6 is 11.6 Å². The molecule has 0 radical (unpaired) electrons. The number of hydrogen-bond donors (Lipinski definition) is 2. The van der Waals surface area contributed by atoms with Gasteiger partial charge in [0.05, 0.1) is 16.4 Å². The van der Waals surface area contributed by atoms with Gasteiger partial charge in [0.2, 0.25) is 0 Å². The predicted molar refractivity (Wildman–Crippen MR) is 72.9 cm³/mol. The van der Waals surface area contributed by atoms with Crippen molar-refractivity contribution in [3.05, 3.63) is 46.6 Å². The standard InChI is InChI=1S/C13H14ClN3/c1-8-3-4-10(14)12(6-8)17-13-11(15)5-9(2)7-16-13/h3-7H,15H2,1-2H3,(H,16,17). The molecular formula is C13H14ClN3. The maximum absolute atomic E-state index is 6.10. The highest BCUT2D eigenvalue weighted by Gasteiger charge is 2.05. The van der Waals surface area contributed by atoms with Gasteiger partial charge in [0.25, 0.3) is 0 Å². The SMILES string of the molecule is Cc1cnc(Nc2cc(C)ccc2Cl)c(N)c1. The molecule has 0 spiro atoms.